The van der Waals surface area contributed by atoms with E-state index in [1.807, 2.05) is 51.1 Å². The second-order valence-electron chi connectivity index (χ2n) is 10.8. The average molecular weight is 649 g/mol. The Labute approximate surface area is 273 Å². The monoisotopic (exact) mass is 648 g/mol. The Hall–Kier alpha value is -4.62. The van der Waals surface area contributed by atoms with Gasteiger partial charge in [-0.25, -0.2) is 13.4 Å². The van der Waals surface area contributed by atoms with Gasteiger partial charge in [0.15, 0.2) is 29.6 Å². The summed E-state index contributed by atoms with van der Waals surface area (Å²) in [5.74, 6) is 4.69. The molecule has 10 heteroatoms. The van der Waals surface area contributed by atoms with Crippen molar-refractivity contribution in [1.82, 2.24) is 4.72 Å². The molecule has 1 atom stereocenters. The van der Waals surface area contributed by atoms with Crippen LogP contribution in [0.1, 0.15) is 66.5 Å². The highest BCUT2D eigenvalue weighted by atomic mass is 32.2. The molecule has 0 aliphatic carbocycles. The second kappa shape index (κ2) is 16.6. The molecule has 0 fully saturated rings. The number of hydrogen-bond acceptors (Lipinski definition) is 8. The van der Waals surface area contributed by atoms with Crippen LogP contribution in [-0.2, 0) is 14.8 Å². The van der Waals surface area contributed by atoms with Crippen LogP contribution in [0.2, 0.25) is 0 Å². The standard InChI is InChI=1S/C36H44N2O7S/c1-10-21-42-36(37-26(7)29-17-19-31-33(22-29)44-23-43-31)35(45-32-16-14-13-15-30(32)41-9)27(8)38-46(39,40)34(25(6)11-2)20-18-28(12-3)24(4)5/h1,12-20,22,24,26,38H,11,21,23H2,2-9H3/b20-18-,28-12+,34-25-,35-27-,37-36?. The van der Waals surface area contributed by atoms with Crippen LogP contribution in [-0.4, -0.2) is 34.8 Å². The van der Waals surface area contributed by atoms with Crippen LogP contribution in [0.15, 0.2) is 93.2 Å². The molecule has 1 heterocycles. The van der Waals surface area contributed by atoms with Gasteiger partial charge in [0.05, 0.1) is 23.8 Å². The number of terminal acetylenes is 1. The summed E-state index contributed by atoms with van der Waals surface area (Å²) in [6.45, 7) is 13.2. The molecule has 0 saturated heterocycles. The lowest BCUT2D eigenvalue weighted by molar-refractivity contribution is 0.174. The summed E-state index contributed by atoms with van der Waals surface area (Å²) in [7, 11) is -2.58. The summed E-state index contributed by atoms with van der Waals surface area (Å²) in [4.78, 5) is 4.96. The maximum atomic E-state index is 14.0. The van der Waals surface area contributed by atoms with Crippen molar-refractivity contribution in [2.75, 3.05) is 20.5 Å². The van der Waals surface area contributed by atoms with Gasteiger partial charge < -0.3 is 23.7 Å². The second-order valence-corrected chi connectivity index (χ2v) is 12.5. The van der Waals surface area contributed by atoms with Crippen LogP contribution >= 0.6 is 0 Å². The summed E-state index contributed by atoms with van der Waals surface area (Å²) in [5, 5.41) is 0. The Morgan fingerprint density at radius 1 is 1.09 bits per heavy atom. The first-order valence-electron chi connectivity index (χ1n) is 15.1. The van der Waals surface area contributed by atoms with Gasteiger partial charge in [-0.1, -0.05) is 62.6 Å². The van der Waals surface area contributed by atoms with Crippen molar-refractivity contribution in [1.29, 1.82) is 0 Å². The van der Waals surface area contributed by atoms with E-state index < -0.39 is 16.1 Å². The summed E-state index contributed by atoms with van der Waals surface area (Å²) in [5.41, 5.74) is 2.64. The molecule has 0 amide bonds. The number of aliphatic imine (C=N–C) groups is 1. The Morgan fingerprint density at radius 2 is 1.78 bits per heavy atom. The van der Waals surface area contributed by atoms with E-state index in [4.69, 9.17) is 35.1 Å². The first-order chi connectivity index (χ1) is 21.9. The van der Waals surface area contributed by atoms with E-state index >= 15 is 0 Å². The zero-order valence-electron chi connectivity index (χ0n) is 27.8. The number of nitrogens with zero attached hydrogens (tertiary/aromatic N) is 1. The fourth-order valence-corrected chi connectivity index (χ4v) is 5.98. The van der Waals surface area contributed by atoms with Crippen LogP contribution < -0.4 is 23.7 Å². The topological polar surface area (TPSA) is 105 Å². The highest BCUT2D eigenvalue weighted by Crippen LogP contribution is 2.35. The number of benzene rings is 2. The van der Waals surface area contributed by atoms with Crippen LogP contribution in [0.4, 0.5) is 0 Å². The molecule has 2 aromatic rings. The predicted octanol–water partition coefficient (Wildman–Crippen LogP) is 7.61. The minimum atomic E-state index is -4.09. The Balaban J connectivity index is 2.17. The van der Waals surface area contributed by atoms with Crippen molar-refractivity contribution in [3.05, 3.63) is 93.8 Å². The number of para-hydroxylation sites is 2. The van der Waals surface area contributed by atoms with Crippen molar-refractivity contribution in [3.8, 4) is 35.3 Å². The van der Waals surface area contributed by atoms with Gasteiger partial charge in [0.2, 0.25) is 12.6 Å². The third-order valence-electron chi connectivity index (χ3n) is 7.25. The summed E-state index contributed by atoms with van der Waals surface area (Å²) < 4.78 is 59.5. The van der Waals surface area contributed by atoms with Crippen LogP contribution in [0.5, 0.6) is 23.0 Å². The number of rotatable bonds is 14. The van der Waals surface area contributed by atoms with Crippen LogP contribution in [0, 0.1) is 18.3 Å². The molecule has 0 spiro atoms. The lowest BCUT2D eigenvalue weighted by Crippen LogP contribution is -2.28. The van der Waals surface area contributed by atoms with Gasteiger partial charge in [0.1, 0.15) is 0 Å². The summed E-state index contributed by atoms with van der Waals surface area (Å²) >= 11 is 0. The first kappa shape index (κ1) is 35.9. The zero-order valence-corrected chi connectivity index (χ0v) is 28.7. The minimum Gasteiger partial charge on any atom is -0.493 e. The Morgan fingerprint density at radius 3 is 2.41 bits per heavy atom. The van der Waals surface area contributed by atoms with Crippen molar-refractivity contribution in [2.45, 2.75) is 60.9 Å². The molecule has 2 aromatic carbocycles. The SMILES string of the molecule is C#CCOC(=NC(C)c1ccc2c(c1)OCO2)/C(Oc1ccccc1OC)=C(\C)NS(=O)(=O)C(/C=C\C(=C/C)C(C)C)=C(/C)CC. The van der Waals surface area contributed by atoms with Crippen LogP contribution in [0.25, 0.3) is 0 Å². The summed E-state index contributed by atoms with van der Waals surface area (Å²) in [6.07, 6.45) is 11.5. The number of hydrogen-bond donors (Lipinski definition) is 1. The third-order valence-corrected chi connectivity index (χ3v) is 8.89. The Kier molecular flexibility index (Phi) is 13.0. The first-order valence-corrected chi connectivity index (χ1v) is 16.6. The smallest absolute Gasteiger partial charge is 0.261 e. The largest absolute Gasteiger partial charge is 0.493 e. The van der Waals surface area contributed by atoms with Gasteiger partial charge in [-0.05, 0) is 81.5 Å². The van der Waals surface area contributed by atoms with Gasteiger partial charge in [0, 0.05) is 0 Å². The fourth-order valence-electron chi connectivity index (χ4n) is 4.52. The molecule has 0 aromatic heterocycles. The molecule has 9 nitrogen and oxygen atoms in total. The highest BCUT2D eigenvalue weighted by molar-refractivity contribution is 7.93. The highest BCUT2D eigenvalue weighted by Gasteiger charge is 2.25. The molecule has 246 valence electrons. The number of ether oxygens (including phenoxy) is 5. The van der Waals surface area contributed by atoms with E-state index in [1.54, 1.807) is 44.2 Å². The number of fused-ring (bicyclic) bond motifs is 1. The van der Waals surface area contributed by atoms with Crippen molar-refractivity contribution < 1.29 is 32.1 Å². The van der Waals surface area contributed by atoms with Gasteiger partial charge in [-0.15, -0.1) is 6.42 Å². The van der Waals surface area contributed by atoms with Crippen molar-refractivity contribution in [3.63, 3.8) is 0 Å². The summed E-state index contributed by atoms with van der Waals surface area (Å²) in [6, 6.07) is 12.0. The maximum Gasteiger partial charge on any atom is 0.261 e. The number of allylic oxidation sites excluding steroid dienone is 6. The van der Waals surface area contributed by atoms with E-state index in [0.717, 1.165) is 11.1 Å². The Bertz CT molecular complexity index is 1690. The molecular formula is C36H44N2O7S. The number of nitrogens with one attached hydrogen (secondary N) is 1. The quantitative estimate of drug-likeness (QED) is 0.0739. The molecule has 0 radical (unpaired) electrons. The average Bonchev–Trinajstić information content (AvgIpc) is 3.51. The molecule has 0 bridgehead atoms. The van der Waals surface area contributed by atoms with Gasteiger partial charge in [0.25, 0.3) is 15.9 Å². The normalized spacial score (nSPS) is 15.2. The lowest BCUT2D eigenvalue weighted by atomic mass is 10.0. The van der Waals surface area contributed by atoms with Crippen molar-refractivity contribution >= 4 is 15.9 Å². The molecule has 1 aliphatic rings. The van der Waals surface area contributed by atoms with E-state index in [0.29, 0.717) is 35.0 Å². The van der Waals surface area contributed by atoms with E-state index in [1.165, 1.54) is 7.11 Å². The number of sulfonamides is 1. The van der Waals surface area contributed by atoms with Gasteiger partial charge >= 0.3 is 0 Å². The molecule has 46 heavy (non-hydrogen) atoms. The molecular weight excluding hydrogens is 604 g/mol. The predicted molar refractivity (Wildman–Crippen MR) is 182 cm³/mol. The van der Waals surface area contributed by atoms with Gasteiger partial charge in [-0.3, -0.25) is 4.72 Å². The maximum absolute atomic E-state index is 14.0. The molecule has 3 rings (SSSR count). The zero-order chi connectivity index (χ0) is 33.9. The van der Waals surface area contributed by atoms with Crippen LogP contribution in [0.3, 0.4) is 0 Å². The minimum absolute atomic E-state index is 0.00137. The molecule has 0 saturated carbocycles. The van der Waals surface area contributed by atoms with E-state index in [9.17, 15) is 8.42 Å². The van der Waals surface area contributed by atoms with Crippen molar-refractivity contribution in [2.24, 2.45) is 10.9 Å². The van der Waals surface area contributed by atoms with E-state index in [-0.39, 0.29) is 41.6 Å². The third kappa shape index (κ3) is 9.21. The molecule has 1 N–H and O–H groups in total. The molecule has 1 aliphatic heterocycles. The van der Waals surface area contributed by atoms with Gasteiger partial charge in [-0.2, -0.15) is 0 Å². The fraction of sp³-hybridized carbons (Fsp3) is 0.361. The van der Waals surface area contributed by atoms with E-state index in [2.05, 4.69) is 24.5 Å². The lowest BCUT2D eigenvalue weighted by Gasteiger charge is -2.20. The molecule has 1 unspecified atom stereocenters. The number of methoxy groups -OCH3 is 1.